The van der Waals surface area contributed by atoms with Crippen molar-refractivity contribution in [3.63, 3.8) is 0 Å². The third kappa shape index (κ3) is 12.5. The fraction of sp³-hybridized carbons (Fsp3) is 0.366. The second-order valence-corrected chi connectivity index (χ2v) is 14.5. The molecule has 2 atom stereocenters. The molecule has 0 bridgehead atoms. The Morgan fingerprint density at radius 3 is 1.35 bits per heavy atom. The molecule has 0 saturated heterocycles. The Morgan fingerprint density at radius 2 is 1.00 bits per heavy atom. The zero-order chi connectivity index (χ0) is 37.1. The van der Waals surface area contributed by atoms with Crippen molar-refractivity contribution in [3.8, 4) is 0 Å². The van der Waals surface area contributed by atoms with Crippen LogP contribution in [0.1, 0.15) is 108 Å². The number of hydrogen-bond acceptors (Lipinski definition) is 6. The van der Waals surface area contributed by atoms with Crippen LogP contribution in [0.25, 0.3) is 0 Å². The smallest absolute Gasteiger partial charge is 0.310 e. The van der Waals surface area contributed by atoms with Gasteiger partial charge in [-0.2, -0.15) is 0 Å². The van der Waals surface area contributed by atoms with Gasteiger partial charge in [0, 0.05) is 6.54 Å². The molecule has 0 radical (unpaired) electrons. The SMILES string of the molecule is CC(C(=O)NCc1ccc(C(C)(C)C)cc1)c1ccc(N)c(N)c1.CC(C(=O)O)c1ccc(N)c(N)c1.CCc1ccc(C(C)(C)C)cc1. The van der Waals surface area contributed by atoms with Crippen molar-refractivity contribution in [1.82, 2.24) is 5.32 Å². The first kappa shape index (κ1) is 40.2. The van der Waals surface area contributed by atoms with Gasteiger partial charge in [-0.25, -0.2) is 0 Å². The number of amides is 1. The number of nitrogens with one attached hydrogen (secondary N) is 1. The van der Waals surface area contributed by atoms with E-state index in [0.29, 0.717) is 34.9 Å². The van der Waals surface area contributed by atoms with Crippen LogP contribution in [0.15, 0.2) is 84.9 Å². The van der Waals surface area contributed by atoms with E-state index in [1.807, 2.05) is 13.0 Å². The first-order valence-electron chi connectivity index (χ1n) is 16.7. The molecule has 8 nitrogen and oxygen atoms in total. The number of aliphatic carboxylic acids is 1. The van der Waals surface area contributed by atoms with Gasteiger partial charge in [0.05, 0.1) is 34.6 Å². The van der Waals surface area contributed by atoms with Crippen LogP contribution in [0.3, 0.4) is 0 Å². The van der Waals surface area contributed by atoms with Crippen molar-refractivity contribution in [2.24, 2.45) is 0 Å². The summed E-state index contributed by atoms with van der Waals surface area (Å²) in [7, 11) is 0. The van der Waals surface area contributed by atoms with E-state index in [-0.39, 0.29) is 22.7 Å². The van der Waals surface area contributed by atoms with E-state index in [1.165, 1.54) is 16.7 Å². The van der Waals surface area contributed by atoms with Gasteiger partial charge in [-0.3, -0.25) is 9.59 Å². The van der Waals surface area contributed by atoms with E-state index < -0.39 is 11.9 Å². The lowest BCUT2D eigenvalue weighted by Gasteiger charge is -2.19. The van der Waals surface area contributed by atoms with E-state index in [0.717, 1.165) is 17.5 Å². The van der Waals surface area contributed by atoms with E-state index in [4.69, 9.17) is 28.0 Å². The molecular weight excluding hydrogens is 610 g/mol. The van der Waals surface area contributed by atoms with Gasteiger partial charge in [0.15, 0.2) is 0 Å². The van der Waals surface area contributed by atoms with Crippen LogP contribution >= 0.6 is 0 Å². The molecule has 0 spiro atoms. The lowest BCUT2D eigenvalue weighted by Crippen LogP contribution is -2.27. The maximum Gasteiger partial charge on any atom is 0.310 e. The Morgan fingerprint density at radius 1 is 0.612 bits per heavy atom. The lowest BCUT2D eigenvalue weighted by molar-refractivity contribution is -0.138. The van der Waals surface area contributed by atoms with Gasteiger partial charge < -0.3 is 33.4 Å². The van der Waals surface area contributed by atoms with Crippen LogP contribution in [0.2, 0.25) is 0 Å². The molecule has 49 heavy (non-hydrogen) atoms. The van der Waals surface area contributed by atoms with Gasteiger partial charge in [0.1, 0.15) is 0 Å². The molecule has 0 saturated carbocycles. The molecule has 4 aromatic rings. The summed E-state index contributed by atoms with van der Waals surface area (Å²) in [6, 6.07) is 27.5. The second kappa shape index (κ2) is 17.4. The molecule has 0 aliphatic carbocycles. The summed E-state index contributed by atoms with van der Waals surface area (Å²) in [6.07, 6.45) is 1.13. The van der Waals surface area contributed by atoms with Crippen LogP contribution in [-0.4, -0.2) is 17.0 Å². The molecular formula is C41H57N5O3. The summed E-state index contributed by atoms with van der Waals surface area (Å²) in [5.74, 6) is -1.73. The third-order valence-corrected chi connectivity index (χ3v) is 8.50. The fourth-order valence-electron chi connectivity index (χ4n) is 4.72. The minimum absolute atomic E-state index is 0.0286. The first-order chi connectivity index (χ1) is 22.7. The number of anilines is 4. The fourth-order valence-corrected chi connectivity index (χ4v) is 4.72. The second-order valence-electron chi connectivity index (χ2n) is 14.5. The predicted octanol–water partition coefficient (Wildman–Crippen LogP) is 8.15. The Labute approximate surface area is 293 Å². The van der Waals surface area contributed by atoms with Crippen LogP contribution in [-0.2, 0) is 33.4 Å². The number of aryl methyl sites for hydroxylation is 1. The normalized spacial score (nSPS) is 12.3. The molecule has 10 N–H and O–H groups in total. The quantitative estimate of drug-likeness (QED) is 0.108. The number of carbonyl (C=O) groups is 2. The zero-order valence-corrected chi connectivity index (χ0v) is 30.7. The molecule has 0 fully saturated rings. The van der Waals surface area contributed by atoms with Crippen LogP contribution in [0, 0.1) is 0 Å². The average Bonchev–Trinajstić information content (AvgIpc) is 3.05. The zero-order valence-electron chi connectivity index (χ0n) is 30.7. The molecule has 0 aromatic heterocycles. The summed E-state index contributed by atoms with van der Waals surface area (Å²) in [4.78, 5) is 23.0. The Bertz CT molecular complexity index is 1670. The number of nitrogens with two attached hydrogens (primary N) is 4. The summed E-state index contributed by atoms with van der Waals surface area (Å²) in [5.41, 5.74) is 31.6. The highest BCUT2D eigenvalue weighted by atomic mass is 16.4. The molecule has 0 aliphatic heterocycles. The first-order valence-corrected chi connectivity index (χ1v) is 16.7. The number of carboxylic acid groups (broad SMARTS) is 1. The minimum Gasteiger partial charge on any atom is -0.481 e. The van der Waals surface area contributed by atoms with Gasteiger partial charge in [-0.15, -0.1) is 0 Å². The standard InChI is InChI=1S/C20H27N3O.C12H18.C9H12N2O2/c1-13(15-7-10-17(21)18(22)11-15)19(24)23-12-14-5-8-16(9-6-14)20(2,3)4;1-5-10-6-8-11(9-7-10)12(2,3)4;1-5(9(12)13)6-2-3-7(10)8(11)4-6/h5-11,13H,12,21-22H2,1-4H3,(H,23,24);6-9H,5H2,1-4H3;2-5H,10-11H2,1H3,(H,12,13). The maximum atomic E-state index is 12.4. The minimum atomic E-state index is -0.871. The van der Waals surface area contributed by atoms with Crippen molar-refractivity contribution < 1.29 is 14.7 Å². The van der Waals surface area contributed by atoms with Crippen molar-refractivity contribution >= 4 is 34.6 Å². The van der Waals surface area contributed by atoms with E-state index in [2.05, 4.69) is 102 Å². The molecule has 1 amide bonds. The number of benzene rings is 4. The summed E-state index contributed by atoms with van der Waals surface area (Å²) in [6.45, 7) is 19.5. The van der Waals surface area contributed by atoms with Crippen LogP contribution in [0.4, 0.5) is 22.7 Å². The van der Waals surface area contributed by atoms with Gasteiger partial charge in [-0.05, 0) is 88.7 Å². The molecule has 0 heterocycles. The van der Waals surface area contributed by atoms with Crippen molar-refractivity contribution in [1.29, 1.82) is 0 Å². The van der Waals surface area contributed by atoms with Gasteiger partial charge in [0.25, 0.3) is 0 Å². The van der Waals surface area contributed by atoms with Crippen molar-refractivity contribution in [2.45, 2.75) is 97.9 Å². The Balaban J connectivity index is 0.000000281. The average molecular weight is 668 g/mol. The predicted molar refractivity (Wildman–Crippen MR) is 207 cm³/mol. The van der Waals surface area contributed by atoms with Crippen molar-refractivity contribution in [2.75, 3.05) is 22.9 Å². The molecule has 8 heteroatoms. The highest BCUT2D eigenvalue weighted by Gasteiger charge is 2.17. The molecule has 4 rings (SSSR count). The molecule has 264 valence electrons. The summed E-state index contributed by atoms with van der Waals surface area (Å²) >= 11 is 0. The highest BCUT2D eigenvalue weighted by molar-refractivity contribution is 5.84. The monoisotopic (exact) mass is 667 g/mol. The highest BCUT2D eigenvalue weighted by Crippen LogP contribution is 2.25. The Hall–Kier alpha value is -4.98. The summed E-state index contributed by atoms with van der Waals surface area (Å²) in [5, 5.41) is 11.7. The van der Waals surface area contributed by atoms with E-state index in [9.17, 15) is 9.59 Å². The molecule has 4 aromatic carbocycles. The van der Waals surface area contributed by atoms with Gasteiger partial charge in [-0.1, -0.05) is 109 Å². The number of nitrogen functional groups attached to an aromatic ring is 4. The van der Waals surface area contributed by atoms with E-state index >= 15 is 0 Å². The number of carboxylic acids is 1. The third-order valence-electron chi connectivity index (χ3n) is 8.50. The van der Waals surface area contributed by atoms with Crippen LogP contribution in [0.5, 0.6) is 0 Å². The number of carbonyl (C=O) groups excluding carboxylic acids is 1. The molecule has 2 unspecified atom stereocenters. The molecule has 0 aliphatic rings. The summed E-state index contributed by atoms with van der Waals surface area (Å²) < 4.78 is 0. The maximum absolute atomic E-state index is 12.4. The van der Waals surface area contributed by atoms with Crippen LogP contribution < -0.4 is 28.3 Å². The topological polar surface area (TPSA) is 170 Å². The van der Waals surface area contributed by atoms with Gasteiger partial charge >= 0.3 is 5.97 Å². The van der Waals surface area contributed by atoms with Gasteiger partial charge in [0.2, 0.25) is 5.91 Å². The van der Waals surface area contributed by atoms with Crippen molar-refractivity contribution in [3.05, 3.63) is 118 Å². The lowest BCUT2D eigenvalue weighted by atomic mass is 9.86. The van der Waals surface area contributed by atoms with E-state index in [1.54, 1.807) is 37.3 Å². The Kier molecular flexibility index (Phi) is 14.3. The number of hydrogen-bond donors (Lipinski definition) is 6. The number of rotatable bonds is 7. The largest absolute Gasteiger partial charge is 0.481 e.